The fourth-order valence-corrected chi connectivity index (χ4v) is 1.58. The van der Waals surface area contributed by atoms with Crippen molar-refractivity contribution >= 4 is 23.2 Å². The van der Waals surface area contributed by atoms with Gasteiger partial charge in [0.25, 0.3) is 0 Å². The molecule has 0 bridgehead atoms. The molecule has 98 valence electrons. The lowest BCUT2D eigenvalue weighted by atomic mass is 10.1. The molecule has 1 rings (SSSR count). The van der Waals surface area contributed by atoms with Gasteiger partial charge in [-0.1, -0.05) is 37.3 Å². The predicted octanol–water partition coefficient (Wildman–Crippen LogP) is 1.52. The molecule has 0 aliphatic rings. The zero-order chi connectivity index (χ0) is 13.2. The molecule has 0 saturated heterocycles. The standard InChI is InChI=1S/C13H19N3OS/c1-2-6-12(17)15-16-13(18)14-10-9-11-7-4-3-5-8-11/h3-5,7-8H,2,6,9-10H2,1H3,(H,15,17)(H2,14,16,18). The number of amides is 1. The Morgan fingerprint density at radius 2 is 1.94 bits per heavy atom. The first-order valence-electron chi connectivity index (χ1n) is 6.09. The minimum absolute atomic E-state index is 0.0512. The Morgan fingerprint density at radius 3 is 2.61 bits per heavy atom. The first kappa shape index (κ1) is 14.4. The van der Waals surface area contributed by atoms with Crippen LogP contribution >= 0.6 is 12.2 Å². The van der Waals surface area contributed by atoms with Crippen LogP contribution in [-0.4, -0.2) is 17.6 Å². The number of benzene rings is 1. The molecular formula is C13H19N3OS. The van der Waals surface area contributed by atoms with E-state index in [1.54, 1.807) is 0 Å². The summed E-state index contributed by atoms with van der Waals surface area (Å²) in [5.74, 6) is -0.0512. The summed E-state index contributed by atoms with van der Waals surface area (Å²) in [7, 11) is 0. The van der Waals surface area contributed by atoms with Crippen LogP contribution < -0.4 is 16.2 Å². The molecule has 0 aromatic heterocycles. The Bertz CT molecular complexity index is 381. The predicted molar refractivity (Wildman–Crippen MR) is 76.9 cm³/mol. The van der Waals surface area contributed by atoms with E-state index in [0.717, 1.165) is 19.4 Å². The summed E-state index contributed by atoms with van der Waals surface area (Å²) in [5, 5.41) is 3.47. The highest BCUT2D eigenvalue weighted by Gasteiger charge is 1.99. The van der Waals surface area contributed by atoms with E-state index < -0.39 is 0 Å². The number of hydrogen-bond donors (Lipinski definition) is 3. The molecule has 3 N–H and O–H groups in total. The number of carbonyl (C=O) groups is 1. The van der Waals surface area contributed by atoms with Crippen molar-refractivity contribution in [2.75, 3.05) is 6.54 Å². The zero-order valence-electron chi connectivity index (χ0n) is 10.5. The van der Waals surface area contributed by atoms with Crippen LogP contribution in [0.2, 0.25) is 0 Å². The normalized spacial score (nSPS) is 9.61. The molecule has 0 aliphatic heterocycles. The number of hydrazine groups is 1. The van der Waals surface area contributed by atoms with Crippen LogP contribution in [0.4, 0.5) is 0 Å². The molecule has 0 aliphatic carbocycles. The molecule has 5 heteroatoms. The molecular weight excluding hydrogens is 246 g/mol. The molecule has 4 nitrogen and oxygen atoms in total. The minimum atomic E-state index is -0.0512. The molecule has 1 aromatic rings. The van der Waals surface area contributed by atoms with Gasteiger partial charge in [0.15, 0.2) is 5.11 Å². The van der Waals surface area contributed by atoms with Crippen LogP contribution in [-0.2, 0) is 11.2 Å². The summed E-state index contributed by atoms with van der Waals surface area (Å²) in [4.78, 5) is 11.2. The lowest BCUT2D eigenvalue weighted by Crippen LogP contribution is -2.47. The summed E-state index contributed by atoms with van der Waals surface area (Å²) in [6.45, 7) is 2.69. The molecule has 0 saturated carbocycles. The van der Waals surface area contributed by atoms with Crippen molar-refractivity contribution in [2.24, 2.45) is 0 Å². The van der Waals surface area contributed by atoms with E-state index in [9.17, 15) is 4.79 Å². The van der Waals surface area contributed by atoms with Gasteiger partial charge in [0.2, 0.25) is 5.91 Å². The van der Waals surface area contributed by atoms with Gasteiger partial charge in [-0.2, -0.15) is 0 Å². The highest BCUT2D eigenvalue weighted by atomic mass is 32.1. The maximum atomic E-state index is 11.2. The van der Waals surface area contributed by atoms with Crippen molar-refractivity contribution in [3.8, 4) is 0 Å². The molecule has 0 unspecified atom stereocenters. The van der Waals surface area contributed by atoms with Crippen LogP contribution in [0, 0.1) is 0 Å². The molecule has 1 aromatic carbocycles. The van der Waals surface area contributed by atoms with Gasteiger partial charge in [-0.3, -0.25) is 15.6 Å². The molecule has 18 heavy (non-hydrogen) atoms. The number of nitrogens with one attached hydrogen (secondary N) is 3. The first-order chi connectivity index (χ1) is 8.72. The van der Waals surface area contributed by atoms with Gasteiger partial charge in [0, 0.05) is 13.0 Å². The van der Waals surface area contributed by atoms with E-state index in [1.165, 1.54) is 5.56 Å². The summed E-state index contributed by atoms with van der Waals surface area (Å²) in [6, 6.07) is 10.2. The fourth-order valence-electron chi connectivity index (χ4n) is 1.43. The maximum absolute atomic E-state index is 11.2. The van der Waals surface area contributed by atoms with Crippen molar-refractivity contribution in [1.82, 2.24) is 16.2 Å². The number of rotatable bonds is 5. The van der Waals surface area contributed by atoms with Crippen molar-refractivity contribution in [2.45, 2.75) is 26.2 Å². The average Bonchev–Trinajstić information content (AvgIpc) is 2.38. The monoisotopic (exact) mass is 265 g/mol. The van der Waals surface area contributed by atoms with Gasteiger partial charge in [-0.05, 0) is 30.6 Å². The van der Waals surface area contributed by atoms with Gasteiger partial charge >= 0.3 is 0 Å². The lowest BCUT2D eigenvalue weighted by Gasteiger charge is -2.11. The summed E-state index contributed by atoms with van der Waals surface area (Å²) >= 11 is 5.04. The van der Waals surface area contributed by atoms with E-state index in [4.69, 9.17) is 12.2 Å². The zero-order valence-corrected chi connectivity index (χ0v) is 11.3. The van der Waals surface area contributed by atoms with Crippen molar-refractivity contribution < 1.29 is 4.79 Å². The maximum Gasteiger partial charge on any atom is 0.238 e. The van der Waals surface area contributed by atoms with Crippen LogP contribution in [0.3, 0.4) is 0 Å². The number of carbonyl (C=O) groups excluding carboxylic acids is 1. The molecule has 0 fully saturated rings. The van der Waals surface area contributed by atoms with Crippen molar-refractivity contribution in [3.63, 3.8) is 0 Å². The van der Waals surface area contributed by atoms with E-state index >= 15 is 0 Å². The Hall–Kier alpha value is -1.62. The molecule has 0 radical (unpaired) electrons. The smallest absolute Gasteiger partial charge is 0.238 e. The minimum Gasteiger partial charge on any atom is -0.361 e. The lowest BCUT2D eigenvalue weighted by molar-refractivity contribution is -0.121. The second-order valence-electron chi connectivity index (χ2n) is 3.91. The van der Waals surface area contributed by atoms with Crippen molar-refractivity contribution in [3.05, 3.63) is 35.9 Å². The van der Waals surface area contributed by atoms with Crippen LogP contribution in [0.25, 0.3) is 0 Å². The third-order valence-corrected chi connectivity index (χ3v) is 2.58. The highest BCUT2D eigenvalue weighted by molar-refractivity contribution is 7.80. The topological polar surface area (TPSA) is 53.2 Å². The van der Waals surface area contributed by atoms with Crippen LogP contribution in [0.1, 0.15) is 25.3 Å². The van der Waals surface area contributed by atoms with Gasteiger partial charge in [-0.15, -0.1) is 0 Å². The third kappa shape index (κ3) is 6.20. The third-order valence-electron chi connectivity index (χ3n) is 2.33. The van der Waals surface area contributed by atoms with E-state index in [0.29, 0.717) is 11.5 Å². The Kier molecular flexibility index (Phi) is 6.79. The second-order valence-corrected chi connectivity index (χ2v) is 4.32. The SMILES string of the molecule is CCCC(=O)NNC(=S)NCCc1ccccc1. The van der Waals surface area contributed by atoms with Gasteiger partial charge < -0.3 is 5.32 Å². The summed E-state index contributed by atoms with van der Waals surface area (Å²) in [6.07, 6.45) is 2.22. The molecule has 0 heterocycles. The van der Waals surface area contributed by atoms with Gasteiger partial charge in [-0.25, -0.2) is 0 Å². The van der Waals surface area contributed by atoms with E-state index in [-0.39, 0.29) is 5.91 Å². The Balaban J connectivity index is 2.12. The van der Waals surface area contributed by atoms with E-state index in [2.05, 4.69) is 28.3 Å². The summed E-state index contributed by atoms with van der Waals surface area (Å²) < 4.78 is 0. The number of thiocarbonyl (C=S) groups is 1. The summed E-state index contributed by atoms with van der Waals surface area (Å²) in [5.41, 5.74) is 6.47. The quantitative estimate of drug-likeness (QED) is 0.558. The van der Waals surface area contributed by atoms with Crippen LogP contribution in [0.5, 0.6) is 0 Å². The molecule has 1 amide bonds. The fraction of sp³-hybridized carbons (Fsp3) is 0.385. The van der Waals surface area contributed by atoms with Gasteiger partial charge in [0.1, 0.15) is 0 Å². The van der Waals surface area contributed by atoms with E-state index in [1.807, 2.05) is 25.1 Å². The second kappa shape index (κ2) is 8.47. The molecule has 0 spiro atoms. The average molecular weight is 265 g/mol. The first-order valence-corrected chi connectivity index (χ1v) is 6.49. The van der Waals surface area contributed by atoms with Gasteiger partial charge in [0.05, 0.1) is 0 Å². The molecule has 0 atom stereocenters. The Morgan fingerprint density at radius 1 is 1.22 bits per heavy atom. The number of hydrogen-bond acceptors (Lipinski definition) is 2. The van der Waals surface area contributed by atoms with Crippen LogP contribution in [0.15, 0.2) is 30.3 Å². The van der Waals surface area contributed by atoms with Crippen molar-refractivity contribution in [1.29, 1.82) is 0 Å². The largest absolute Gasteiger partial charge is 0.361 e. The highest BCUT2D eigenvalue weighted by Crippen LogP contribution is 1.97. The Labute approximate surface area is 113 Å².